The number of aliphatic carboxylic acids is 1. The first-order valence-corrected chi connectivity index (χ1v) is 6.66. The minimum absolute atomic E-state index is 0.195. The average Bonchev–Trinajstić information content (AvgIpc) is 2.65. The lowest BCUT2D eigenvalue weighted by atomic mass is 10.0. The molecule has 0 aliphatic heterocycles. The third-order valence-corrected chi connectivity index (χ3v) is 3.46. The van der Waals surface area contributed by atoms with Crippen molar-refractivity contribution in [1.29, 1.82) is 0 Å². The van der Waals surface area contributed by atoms with E-state index in [1.807, 2.05) is 7.05 Å². The first kappa shape index (κ1) is 13.6. The van der Waals surface area contributed by atoms with E-state index in [0.717, 1.165) is 16.9 Å². The van der Waals surface area contributed by atoms with Gasteiger partial charge < -0.3 is 9.67 Å². The summed E-state index contributed by atoms with van der Waals surface area (Å²) in [5.41, 5.74) is 3.39. The average molecular weight is 260 g/mol. The SMILES string of the molecule is CC(C)c1ccc2c(c1)nc(CCCC(=O)O)n2C. The van der Waals surface area contributed by atoms with Gasteiger partial charge in [0, 0.05) is 19.9 Å². The Morgan fingerprint density at radius 3 is 2.79 bits per heavy atom. The van der Waals surface area contributed by atoms with E-state index >= 15 is 0 Å². The maximum atomic E-state index is 10.5. The number of aryl methyl sites for hydroxylation is 2. The monoisotopic (exact) mass is 260 g/mol. The second-order valence-corrected chi connectivity index (χ2v) is 5.24. The van der Waals surface area contributed by atoms with Crippen LogP contribution in [-0.4, -0.2) is 20.6 Å². The van der Waals surface area contributed by atoms with Gasteiger partial charge in [0.1, 0.15) is 5.82 Å². The summed E-state index contributed by atoms with van der Waals surface area (Å²) in [5, 5.41) is 8.67. The van der Waals surface area contributed by atoms with Gasteiger partial charge in [-0.2, -0.15) is 0 Å². The van der Waals surface area contributed by atoms with Gasteiger partial charge in [-0.25, -0.2) is 4.98 Å². The molecular formula is C15H20N2O2. The van der Waals surface area contributed by atoms with E-state index in [9.17, 15) is 4.79 Å². The normalized spacial score (nSPS) is 11.4. The zero-order chi connectivity index (χ0) is 14.0. The number of fused-ring (bicyclic) bond motifs is 1. The van der Waals surface area contributed by atoms with Gasteiger partial charge >= 0.3 is 5.97 Å². The van der Waals surface area contributed by atoms with Gasteiger partial charge in [0.25, 0.3) is 0 Å². The Hall–Kier alpha value is -1.84. The van der Waals surface area contributed by atoms with Gasteiger partial charge in [-0.05, 0) is 30.0 Å². The van der Waals surface area contributed by atoms with Crippen LogP contribution in [0.1, 0.15) is 44.0 Å². The highest BCUT2D eigenvalue weighted by Gasteiger charge is 2.10. The molecule has 19 heavy (non-hydrogen) atoms. The summed E-state index contributed by atoms with van der Waals surface area (Å²) in [4.78, 5) is 15.2. The van der Waals surface area contributed by atoms with Crippen molar-refractivity contribution in [1.82, 2.24) is 9.55 Å². The highest BCUT2D eigenvalue weighted by atomic mass is 16.4. The molecule has 0 amide bonds. The van der Waals surface area contributed by atoms with Gasteiger partial charge in [0.15, 0.2) is 0 Å². The molecule has 2 aromatic rings. The Balaban J connectivity index is 2.26. The molecule has 0 aliphatic carbocycles. The number of hydrogen-bond donors (Lipinski definition) is 1. The van der Waals surface area contributed by atoms with E-state index in [0.29, 0.717) is 18.8 Å². The summed E-state index contributed by atoms with van der Waals surface area (Å²) < 4.78 is 2.06. The minimum Gasteiger partial charge on any atom is -0.481 e. The van der Waals surface area contributed by atoms with Crippen LogP contribution in [0.2, 0.25) is 0 Å². The van der Waals surface area contributed by atoms with Crippen molar-refractivity contribution < 1.29 is 9.90 Å². The topological polar surface area (TPSA) is 55.1 Å². The lowest BCUT2D eigenvalue weighted by Gasteiger charge is -2.04. The van der Waals surface area contributed by atoms with Crippen molar-refractivity contribution >= 4 is 17.0 Å². The molecule has 0 atom stereocenters. The molecule has 0 aliphatic rings. The lowest BCUT2D eigenvalue weighted by molar-refractivity contribution is -0.137. The van der Waals surface area contributed by atoms with Gasteiger partial charge in [0.05, 0.1) is 11.0 Å². The summed E-state index contributed by atoms with van der Waals surface area (Å²) in [7, 11) is 1.99. The first-order valence-electron chi connectivity index (χ1n) is 6.66. The number of hydrogen-bond acceptors (Lipinski definition) is 2. The summed E-state index contributed by atoms with van der Waals surface area (Å²) in [5.74, 6) is 0.694. The van der Waals surface area contributed by atoms with Crippen LogP contribution in [0.4, 0.5) is 0 Å². The van der Waals surface area contributed by atoms with Crippen LogP contribution in [0.25, 0.3) is 11.0 Å². The maximum Gasteiger partial charge on any atom is 0.303 e. The number of aromatic nitrogens is 2. The fourth-order valence-corrected chi connectivity index (χ4v) is 2.25. The maximum absolute atomic E-state index is 10.5. The van der Waals surface area contributed by atoms with Crippen LogP contribution >= 0.6 is 0 Å². The van der Waals surface area contributed by atoms with Crippen molar-refractivity contribution in [3.05, 3.63) is 29.6 Å². The number of nitrogens with zero attached hydrogens (tertiary/aromatic N) is 2. The number of benzene rings is 1. The summed E-state index contributed by atoms with van der Waals surface area (Å²) >= 11 is 0. The molecule has 4 heteroatoms. The molecule has 0 saturated carbocycles. The van der Waals surface area contributed by atoms with Crippen LogP contribution < -0.4 is 0 Å². The number of carboxylic acids is 1. The Kier molecular flexibility index (Phi) is 3.88. The number of imidazole rings is 1. The molecule has 0 bridgehead atoms. The lowest BCUT2D eigenvalue weighted by Crippen LogP contribution is -2.01. The molecule has 102 valence electrons. The van der Waals surface area contributed by atoms with E-state index in [1.54, 1.807) is 0 Å². The standard InChI is InChI=1S/C15H20N2O2/c1-10(2)11-7-8-13-12(9-11)16-14(17(13)3)5-4-6-15(18)19/h7-10H,4-6H2,1-3H3,(H,18,19). The van der Waals surface area contributed by atoms with Crippen LogP contribution in [-0.2, 0) is 18.3 Å². The largest absolute Gasteiger partial charge is 0.481 e. The summed E-state index contributed by atoms with van der Waals surface area (Å²) in [6.07, 6.45) is 1.53. The smallest absolute Gasteiger partial charge is 0.303 e. The second kappa shape index (κ2) is 5.43. The molecule has 1 aromatic carbocycles. The molecule has 0 saturated heterocycles. The predicted molar refractivity (Wildman–Crippen MR) is 75.4 cm³/mol. The summed E-state index contributed by atoms with van der Waals surface area (Å²) in [6.45, 7) is 4.33. The van der Waals surface area contributed by atoms with Crippen molar-refractivity contribution in [3.8, 4) is 0 Å². The molecule has 0 spiro atoms. The quantitative estimate of drug-likeness (QED) is 0.898. The number of carboxylic acid groups (broad SMARTS) is 1. The van der Waals surface area contributed by atoms with Crippen LogP contribution in [0, 0.1) is 0 Å². The fourth-order valence-electron chi connectivity index (χ4n) is 2.25. The third-order valence-electron chi connectivity index (χ3n) is 3.46. The zero-order valence-corrected chi connectivity index (χ0v) is 11.7. The Bertz CT molecular complexity index is 599. The van der Waals surface area contributed by atoms with E-state index in [4.69, 9.17) is 5.11 Å². The Labute approximate surface area is 113 Å². The van der Waals surface area contributed by atoms with Crippen LogP contribution in [0.5, 0.6) is 0 Å². The molecule has 0 unspecified atom stereocenters. The Morgan fingerprint density at radius 2 is 2.16 bits per heavy atom. The van der Waals surface area contributed by atoms with Gasteiger partial charge in [-0.3, -0.25) is 4.79 Å². The number of carbonyl (C=O) groups is 1. The van der Waals surface area contributed by atoms with Crippen LogP contribution in [0.3, 0.4) is 0 Å². The van der Waals surface area contributed by atoms with Gasteiger partial charge in [-0.1, -0.05) is 19.9 Å². The molecule has 0 radical (unpaired) electrons. The van der Waals surface area contributed by atoms with Gasteiger partial charge in [0.2, 0.25) is 0 Å². The molecule has 1 aromatic heterocycles. The molecule has 2 rings (SSSR count). The predicted octanol–water partition coefficient (Wildman–Crippen LogP) is 3.10. The molecule has 1 heterocycles. The summed E-state index contributed by atoms with van der Waals surface area (Å²) in [6, 6.07) is 6.36. The molecular weight excluding hydrogens is 240 g/mol. The Morgan fingerprint density at radius 1 is 1.42 bits per heavy atom. The zero-order valence-electron chi connectivity index (χ0n) is 11.7. The molecule has 0 fully saturated rings. The van der Waals surface area contributed by atoms with E-state index in [-0.39, 0.29) is 6.42 Å². The highest BCUT2D eigenvalue weighted by Crippen LogP contribution is 2.22. The van der Waals surface area contributed by atoms with Crippen molar-refractivity contribution in [2.75, 3.05) is 0 Å². The van der Waals surface area contributed by atoms with Gasteiger partial charge in [-0.15, -0.1) is 0 Å². The minimum atomic E-state index is -0.749. The molecule has 1 N–H and O–H groups in total. The first-order chi connectivity index (χ1) is 8.99. The molecule has 4 nitrogen and oxygen atoms in total. The number of rotatable bonds is 5. The van der Waals surface area contributed by atoms with Crippen molar-refractivity contribution in [3.63, 3.8) is 0 Å². The third kappa shape index (κ3) is 2.95. The fraction of sp³-hybridized carbons (Fsp3) is 0.467. The van der Waals surface area contributed by atoms with Crippen molar-refractivity contribution in [2.45, 2.75) is 39.0 Å². The van der Waals surface area contributed by atoms with E-state index in [2.05, 4.69) is 41.6 Å². The highest BCUT2D eigenvalue weighted by molar-refractivity contribution is 5.77. The van der Waals surface area contributed by atoms with E-state index in [1.165, 1.54) is 5.56 Å². The van der Waals surface area contributed by atoms with Crippen molar-refractivity contribution in [2.24, 2.45) is 7.05 Å². The second-order valence-electron chi connectivity index (χ2n) is 5.24. The van der Waals surface area contributed by atoms with Crippen LogP contribution in [0.15, 0.2) is 18.2 Å². The van der Waals surface area contributed by atoms with E-state index < -0.39 is 5.97 Å².